The molecule has 0 atom stereocenters. The third-order valence-electron chi connectivity index (χ3n) is 5.57. The molecule has 2 N–H and O–H groups in total. The molecule has 0 aliphatic heterocycles. The van der Waals surface area contributed by atoms with Gasteiger partial charge in [0.25, 0.3) is 5.91 Å². The van der Waals surface area contributed by atoms with Crippen LogP contribution in [0.2, 0.25) is 5.02 Å². The second kappa shape index (κ2) is 8.83. The molecule has 1 fully saturated rings. The summed E-state index contributed by atoms with van der Waals surface area (Å²) in [7, 11) is 0. The topological polar surface area (TPSA) is 84.2 Å². The van der Waals surface area contributed by atoms with Gasteiger partial charge >= 0.3 is 0 Å². The molecule has 4 aromatic rings. The van der Waals surface area contributed by atoms with Crippen molar-refractivity contribution < 1.29 is 4.79 Å². The van der Waals surface area contributed by atoms with Crippen molar-refractivity contribution in [2.45, 2.75) is 32.7 Å². The number of amides is 1. The summed E-state index contributed by atoms with van der Waals surface area (Å²) in [5.74, 6) is 1.05. The first-order valence-electron chi connectivity index (χ1n) is 11.1. The van der Waals surface area contributed by atoms with Gasteiger partial charge in [0.15, 0.2) is 11.5 Å². The minimum atomic E-state index is -0.128. The van der Waals surface area contributed by atoms with Crippen LogP contribution >= 0.6 is 11.6 Å². The highest BCUT2D eigenvalue weighted by Crippen LogP contribution is 2.30. The van der Waals surface area contributed by atoms with Gasteiger partial charge in [-0.1, -0.05) is 31.5 Å². The summed E-state index contributed by atoms with van der Waals surface area (Å²) in [6.07, 6.45) is 9.35. The smallest absolute Gasteiger partial charge is 0.253 e. The van der Waals surface area contributed by atoms with Crippen molar-refractivity contribution in [1.29, 1.82) is 0 Å². The van der Waals surface area contributed by atoms with Crippen LogP contribution in [-0.2, 0) is 0 Å². The minimum absolute atomic E-state index is 0.128. The van der Waals surface area contributed by atoms with Gasteiger partial charge in [-0.3, -0.25) is 14.2 Å². The molecule has 0 saturated heterocycles. The van der Waals surface area contributed by atoms with Crippen molar-refractivity contribution in [3.8, 4) is 22.5 Å². The highest BCUT2D eigenvalue weighted by molar-refractivity contribution is 6.34. The van der Waals surface area contributed by atoms with Crippen molar-refractivity contribution in [1.82, 2.24) is 24.7 Å². The van der Waals surface area contributed by atoms with Gasteiger partial charge in [-0.05, 0) is 43.0 Å². The van der Waals surface area contributed by atoms with Crippen molar-refractivity contribution in [2.75, 3.05) is 11.9 Å². The first-order chi connectivity index (χ1) is 16.0. The summed E-state index contributed by atoms with van der Waals surface area (Å²) in [5, 5.41) is 6.84. The Morgan fingerprint density at radius 2 is 1.97 bits per heavy atom. The zero-order valence-corrected chi connectivity index (χ0v) is 19.3. The Kier molecular flexibility index (Phi) is 5.72. The van der Waals surface area contributed by atoms with Gasteiger partial charge < -0.3 is 10.6 Å². The fraction of sp³-hybridized carbons (Fsp3) is 0.280. The standard InChI is InChI=1S/C25H25ClN6O/c1-15(2)12-28-23-24-29-13-22(32(24)14-21(31-23)16-7-9-27-10-8-16)17-3-6-19(20(26)11-17)25(33)30-18-4-5-18/h3,6-11,13-15,18H,4-5,12H2,1-2H3,(H,28,31)(H,30,33). The molecule has 0 unspecified atom stereocenters. The van der Waals surface area contributed by atoms with E-state index in [2.05, 4.69) is 34.4 Å². The molecule has 8 heteroatoms. The summed E-state index contributed by atoms with van der Waals surface area (Å²) in [6.45, 7) is 5.08. The van der Waals surface area contributed by atoms with Gasteiger partial charge in [-0.15, -0.1) is 0 Å². The Morgan fingerprint density at radius 1 is 1.18 bits per heavy atom. The van der Waals surface area contributed by atoms with Crippen LogP contribution in [-0.4, -0.2) is 37.8 Å². The number of benzene rings is 1. The van der Waals surface area contributed by atoms with Crippen molar-refractivity contribution in [3.05, 3.63) is 65.7 Å². The fourth-order valence-corrected chi connectivity index (χ4v) is 3.90. The predicted octanol–water partition coefficient (Wildman–Crippen LogP) is 5.07. The summed E-state index contributed by atoms with van der Waals surface area (Å²) < 4.78 is 2.01. The Morgan fingerprint density at radius 3 is 2.67 bits per heavy atom. The maximum Gasteiger partial charge on any atom is 0.253 e. The number of hydrogen-bond donors (Lipinski definition) is 2. The van der Waals surface area contributed by atoms with Crippen LogP contribution < -0.4 is 10.6 Å². The minimum Gasteiger partial charge on any atom is -0.367 e. The summed E-state index contributed by atoms with van der Waals surface area (Å²) >= 11 is 6.52. The SMILES string of the molecule is CC(C)CNc1nc(-c2ccncc2)cn2c(-c3ccc(C(=O)NC4CC4)c(Cl)c3)cnc12. The van der Waals surface area contributed by atoms with Gasteiger partial charge in [0.2, 0.25) is 0 Å². The molecular formula is C25H25ClN6O. The number of pyridine rings is 1. The Labute approximate surface area is 197 Å². The molecule has 168 valence electrons. The summed E-state index contributed by atoms with van der Waals surface area (Å²) in [6, 6.07) is 9.65. The lowest BCUT2D eigenvalue weighted by atomic mass is 10.1. The highest BCUT2D eigenvalue weighted by atomic mass is 35.5. The molecular weight excluding hydrogens is 436 g/mol. The number of rotatable bonds is 7. The van der Waals surface area contributed by atoms with Crippen LogP contribution in [0.3, 0.4) is 0 Å². The number of carbonyl (C=O) groups is 1. The largest absolute Gasteiger partial charge is 0.367 e. The second-order valence-electron chi connectivity index (χ2n) is 8.76. The van der Waals surface area contributed by atoms with E-state index < -0.39 is 0 Å². The third-order valence-corrected chi connectivity index (χ3v) is 5.88. The number of nitrogens with zero attached hydrogens (tertiary/aromatic N) is 4. The van der Waals surface area contributed by atoms with Crippen LogP contribution in [0.5, 0.6) is 0 Å². The number of anilines is 1. The number of carbonyl (C=O) groups excluding carboxylic acids is 1. The highest BCUT2D eigenvalue weighted by Gasteiger charge is 2.25. The molecule has 1 aliphatic rings. The maximum atomic E-state index is 12.5. The van der Waals surface area contributed by atoms with Crippen LogP contribution in [0, 0.1) is 5.92 Å². The normalized spacial score (nSPS) is 13.5. The molecule has 0 bridgehead atoms. The average Bonchev–Trinajstić information content (AvgIpc) is 3.52. The van der Waals surface area contributed by atoms with E-state index in [0.29, 0.717) is 16.5 Å². The number of aromatic nitrogens is 4. The Hall–Kier alpha value is -3.45. The lowest BCUT2D eigenvalue weighted by Crippen LogP contribution is -2.25. The van der Waals surface area contributed by atoms with Crippen LogP contribution in [0.1, 0.15) is 37.0 Å². The molecule has 5 rings (SSSR count). The van der Waals surface area contributed by atoms with Crippen molar-refractivity contribution in [3.63, 3.8) is 0 Å². The van der Waals surface area contributed by atoms with Gasteiger partial charge in [-0.25, -0.2) is 9.97 Å². The zero-order chi connectivity index (χ0) is 22.9. The Bertz CT molecular complexity index is 1310. The van der Waals surface area contributed by atoms with Crippen molar-refractivity contribution in [2.24, 2.45) is 5.92 Å². The second-order valence-corrected chi connectivity index (χ2v) is 9.17. The van der Waals surface area contributed by atoms with E-state index in [9.17, 15) is 4.79 Å². The number of halogens is 1. The number of imidazole rings is 1. The number of hydrogen-bond acceptors (Lipinski definition) is 5. The number of nitrogens with one attached hydrogen (secondary N) is 2. The summed E-state index contributed by atoms with van der Waals surface area (Å²) in [5.41, 5.74) is 4.73. The zero-order valence-electron chi connectivity index (χ0n) is 18.5. The molecule has 1 amide bonds. The van der Waals surface area contributed by atoms with Gasteiger partial charge in [0, 0.05) is 42.3 Å². The van der Waals surface area contributed by atoms with Gasteiger partial charge in [0.05, 0.1) is 28.2 Å². The molecule has 1 saturated carbocycles. The quantitative estimate of drug-likeness (QED) is 0.402. The van der Waals surface area contributed by atoms with Crippen LogP contribution in [0.25, 0.3) is 28.2 Å². The number of fused-ring (bicyclic) bond motifs is 1. The molecule has 33 heavy (non-hydrogen) atoms. The van der Waals surface area contributed by atoms with E-state index in [0.717, 1.165) is 53.4 Å². The molecule has 3 aromatic heterocycles. The molecule has 1 aliphatic carbocycles. The summed E-state index contributed by atoms with van der Waals surface area (Å²) in [4.78, 5) is 26.1. The van der Waals surface area contributed by atoms with E-state index in [4.69, 9.17) is 16.6 Å². The lowest BCUT2D eigenvalue weighted by Gasteiger charge is -2.13. The van der Waals surface area contributed by atoms with E-state index in [1.165, 1.54) is 0 Å². The lowest BCUT2D eigenvalue weighted by molar-refractivity contribution is 0.0951. The van der Waals surface area contributed by atoms with Crippen LogP contribution in [0.4, 0.5) is 5.82 Å². The first kappa shape index (κ1) is 21.4. The van der Waals surface area contributed by atoms with Gasteiger partial charge in [0.1, 0.15) is 0 Å². The average molecular weight is 461 g/mol. The third kappa shape index (κ3) is 4.54. The maximum absolute atomic E-state index is 12.5. The van der Waals surface area contributed by atoms with E-state index in [1.54, 1.807) is 18.5 Å². The van der Waals surface area contributed by atoms with E-state index in [-0.39, 0.29) is 11.9 Å². The monoisotopic (exact) mass is 460 g/mol. The molecule has 3 heterocycles. The van der Waals surface area contributed by atoms with Crippen molar-refractivity contribution >= 4 is 29.0 Å². The first-order valence-corrected chi connectivity index (χ1v) is 11.5. The molecule has 0 spiro atoms. The van der Waals surface area contributed by atoms with Crippen LogP contribution in [0.15, 0.2) is 55.1 Å². The van der Waals surface area contributed by atoms with E-state index in [1.807, 2.05) is 41.1 Å². The van der Waals surface area contributed by atoms with Gasteiger partial charge in [-0.2, -0.15) is 0 Å². The molecule has 7 nitrogen and oxygen atoms in total. The molecule has 1 aromatic carbocycles. The Balaban J connectivity index is 1.57. The predicted molar refractivity (Wildman–Crippen MR) is 130 cm³/mol. The molecule has 0 radical (unpaired) electrons. The fourth-order valence-electron chi connectivity index (χ4n) is 3.63. The van der Waals surface area contributed by atoms with E-state index >= 15 is 0 Å².